The fourth-order valence-electron chi connectivity index (χ4n) is 1.90. The Kier molecular flexibility index (Phi) is 6.86. The zero-order chi connectivity index (χ0) is 12.5. The molecule has 4 nitrogen and oxygen atoms in total. The lowest BCUT2D eigenvalue weighted by Crippen LogP contribution is -2.25. The van der Waals surface area contributed by atoms with Gasteiger partial charge in [-0.25, -0.2) is 0 Å². The second kappa shape index (κ2) is 8.23. The van der Waals surface area contributed by atoms with Crippen LogP contribution in [0.15, 0.2) is 0 Å². The van der Waals surface area contributed by atoms with Gasteiger partial charge >= 0.3 is 5.97 Å². The molecule has 1 aliphatic heterocycles. The molecule has 98 valence electrons. The van der Waals surface area contributed by atoms with E-state index in [1.165, 1.54) is 0 Å². The summed E-state index contributed by atoms with van der Waals surface area (Å²) >= 11 is 0. The quantitative estimate of drug-likeness (QED) is 0.390. The predicted molar refractivity (Wildman–Crippen MR) is 63.7 cm³/mol. The Bertz CT molecular complexity index is 244. The van der Waals surface area contributed by atoms with E-state index >= 15 is 0 Å². The first-order valence-corrected chi connectivity index (χ1v) is 6.50. The normalized spacial score (nSPS) is 16.8. The van der Waals surface area contributed by atoms with Crippen molar-refractivity contribution in [3.05, 3.63) is 0 Å². The van der Waals surface area contributed by atoms with Crippen LogP contribution in [0.4, 0.5) is 0 Å². The van der Waals surface area contributed by atoms with Gasteiger partial charge in [0, 0.05) is 19.1 Å². The molecule has 1 aliphatic rings. The Balaban J connectivity index is 2.14. The van der Waals surface area contributed by atoms with Crippen molar-refractivity contribution < 1.29 is 19.1 Å². The van der Waals surface area contributed by atoms with E-state index < -0.39 is 0 Å². The van der Waals surface area contributed by atoms with Gasteiger partial charge in [0.25, 0.3) is 0 Å². The molecule has 0 atom stereocenters. The Morgan fingerprint density at radius 2 is 1.94 bits per heavy atom. The molecule has 17 heavy (non-hydrogen) atoms. The first-order chi connectivity index (χ1) is 8.24. The predicted octanol–water partition coefficient (Wildman–Crippen LogP) is 2.11. The van der Waals surface area contributed by atoms with Crippen molar-refractivity contribution in [2.45, 2.75) is 45.4 Å². The molecule has 0 radical (unpaired) electrons. The van der Waals surface area contributed by atoms with E-state index in [1.807, 2.05) is 0 Å². The summed E-state index contributed by atoms with van der Waals surface area (Å²) in [6, 6.07) is 0. The summed E-state index contributed by atoms with van der Waals surface area (Å²) in [4.78, 5) is 23.1. The number of ether oxygens (including phenoxy) is 2. The molecule has 0 N–H and O–H groups in total. The zero-order valence-electron chi connectivity index (χ0n) is 10.6. The topological polar surface area (TPSA) is 52.6 Å². The maximum Gasteiger partial charge on any atom is 0.313 e. The monoisotopic (exact) mass is 242 g/mol. The Hall–Kier alpha value is -0.900. The third-order valence-electron chi connectivity index (χ3n) is 3.01. The molecule has 0 aliphatic carbocycles. The molecule has 1 rings (SSSR count). The summed E-state index contributed by atoms with van der Waals surface area (Å²) in [6.07, 6.45) is 4.44. The molecule has 1 heterocycles. The van der Waals surface area contributed by atoms with Crippen molar-refractivity contribution in [3.63, 3.8) is 0 Å². The molecule has 1 fully saturated rings. The van der Waals surface area contributed by atoms with Gasteiger partial charge < -0.3 is 9.47 Å². The maximum absolute atomic E-state index is 11.7. The minimum Gasteiger partial charge on any atom is -0.465 e. The highest BCUT2D eigenvalue weighted by Crippen LogP contribution is 2.17. The van der Waals surface area contributed by atoms with Gasteiger partial charge in [-0.2, -0.15) is 0 Å². The van der Waals surface area contributed by atoms with E-state index in [0.717, 1.165) is 32.1 Å². The highest BCUT2D eigenvalue weighted by Gasteiger charge is 2.23. The summed E-state index contributed by atoms with van der Waals surface area (Å²) in [5.74, 6) is -0.377. The fraction of sp³-hybridized carbons (Fsp3) is 0.846. The molecule has 0 saturated carbocycles. The number of Topliss-reactive ketones (excluding diaryl/α,β-unsaturated/α-hetero) is 1. The number of unbranched alkanes of at least 4 members (excludes halogenated alkanes) is 2. The molecule has 0 aromatic carbocycles. The van der Waals surface area contributed by atoms with Crippen LogP contribution < -0.4 is 0 Å². The number of rotatable bonds is 7. The van der Waals surface area contributed by atoms with Gasteiger partial charge in [-0.15, -0.1) is 0 Å². The van der Waals surface area contributed by atoms with E-state index in [0.29, 0.717) is 19.8 Å². The zero-order valence-corrected chi connectivity index (χ0v) is 10.6. The summed E-state index contributed by atoms with van der Waals surface area (Å²) in [6.45, 7) is 3.79. The van der Waals surface area contributed by atoms with Crippen molar-refractivity contribution in [2.75, 3.05) is 19.8 Å². The Labute approximate surface area is 103 Å². The number of hydrogen-bond donors (Lipinski definition) is 0. The van der Waals surface area contributed by atoms with Crippen molar-refractivity contribution in [2.24, 2.45) is 5.92 Å². The first-order valence-electron chi connectivity index (χ1n) is 6.50. The van der Waals surface area contributed by atoms with Gasteiger partial charge in [-0.1, -0.05) is 19.8 Å². The van der Waals surface area contributed by atoms with E-state index in [9.17, 15) is 9.59 Å². The van der Waals surface area contributed by atoms with Gasteiger partial charge in [0.2, 0.25) is 0 Å². The number of hydrogen-bond acceptors (Lipinski definition) is 4. The molecule has 0 aromatic heterocycles. The Morgan fingerprint density at radius 1 is 1.24 bits per heavy atom. The van der Waals surface area contributed by atoms with Crippen LogP contribution in [0.2, 0.25) is 0 Å². The molecule has 0 bridgehead atoms. The number of ketones is 1. The van der Waals surface area contributed by atoms with Crippen LogP contribution in [0.25, 0.3) is 0 Å². The van der Waals surface area contributed by atoms with Crippen LogP contribution in [0.3, 0.4) is 0 Å². The second-order valence-corrected chi connectivity index (χ2v) is 4.46. The number of carbonyl (C=O) groups is 2. The molecule has 1 saturated heterocycles. The van der Waals surface area contributed by atoms with Crippen molar-refractivity contribution >= 4 is 11.8 Å². The highest BCUT2D eigenvalue weighted by atomic mass is 16.5. The fourth-order valence-corrected chi connectivity index (χ4v) is 1.90. The third-order valence-corrected chi connectivity index (χ3v) is 3.01. The Morgan fingerprint density at radius 3 is 2.59 bits per heavy atom. The third kappa shape index (κ3) is 5.82. The number of esters is 1. The summed E-state index contributed by atoms with van der Waals surface area (Å²) in [7, 11) is 0. The minimum absolute atomic E-state index is 0.00746. The van der Waals surface area contributed by atoms with Crippen LogP contribution in [-0.2, 0) is 19.1 Å². The van der Waals surface area contributed by atoms with Crippen LogP contribution in [-0.4, -0.2) is 31.6 Å². The largest absolute Gasteiger partial charge is 0.465 e. The SMILES string of the molecule is CCCCCOC(=O)CC(=O)C1CCOCC1. The van der Waals surface area contributed by atoms with E-state index in [1.54, 1.807) is 0 Å². The lowest BCUT2D eigenvalue weighted by atomic mass is 9.94. The van der Waals surface area contributed by atoms with Crippen LogP contribution in [0.1, 0.15) is 45.4 Å². The highest BCUT2D eigenvalue weighted by molar-refractivity contribution is 5.96. The van der Waals surface area contributed by atoms with Gasteiger partial charge in [0.1, 0.15) is 12.2 Å². The lowest BCUT2D eigenvalue weighted by Gasteiger charge is -2.20. The van der Waals surface area contributed by atoms with E-state index in [2.05, 4.69) is 6.92 Å². The first kappa shape index (κ1) is 14.2. The molecule has 0 aromatic rings. The average Bonchev–Trinajstić information content (AvgIpc) is 2.36. The number of carbonyl (C=O) groups excluding carboxylic acids is 2. The summed E-state index contributed by atoms with van der Waals surface area (Å²) in [5, 5.41) is 0. The van der Waals surface area contributed by atoms with E-state index in [-0.39, 0.29) is 24.1 Å². The molecular weight excluding hydrogens is 220 g/mol. The molecule has 0 amide bonds. The van der Waals surface area contributed by atoms with Gasteiger partial charge in [-0.3, -0.25) is 9.59 Å². The minimum atomic E-state index is -0.377. The van der Waals surface area contributed by atoms with E-state index in [4.69, 9.17) is 9.47 Å². The standard InChI is InChI=1S/C13H22O4/c1-2-3-4-7-17-13(15)10-12(14)11-5-8-16-9-6-11/h11H,2-10H2,1H3. The summed E-state index contributed by atoms with van der Waals surface area (Å²) < 4.78 is 10.2. The van der Waals surface area contributed by atoms with Crippen LogP contribution in [0.5, 0.6) is 0 Å². The molecule has 4 heteroatoms. The maximum atomic E-state index is 11.7. The van der Waals surface area contributed by atoms with Crippen molar-refractivity contribution in [1.29, 1.82) is 0 Å². The van der Waals surface area contributed by atoms with Crippen molar-refractivity contribution in [3.8, 4) is 0 Å². The van der Waals surface area contributed by atoms with Crippen LogP contribution in [0, 0.1) is 5.92 Å². The summed E-state index contributed by atoms with van der Waals surface area (Å²) in [5.41, 5.74) is 0. The smallest absolute Gasteiger partial charge is 0.313 e. The molecule has 0 unspecified atom stereocenters. The van der Waals surface area contributed by atoms with Crippen molar-refractivity contribution in [1.82, 2.24) is 0 Å². The van der Waals surface area contributed by atoms with Gasteiger partial charge in [0.05, 0.1) is 6.61 Å². The van der Waals surface area contributed by atoms with Gasteiger partial charge in [-0.05, 0) is 19.3 Å². The molecule has 0 spiro atoms. The lowest BCUT2D eigenvalue weighted by molar-refractivity contribution is -0.147. The average molecular weight is 242 g/mol. The second-order valence-electron chi connectivity index (χ2n) is 4.46. The molecular formula is C13H22O4. The van der Waals surface area contributed by atoms with Gasteiger partial charge in [0.15, 0.2) is 0 Å². The van der Waals surface area contributed by atoms with Crippen LogP contribution >= 0.6 is 0 Å².